The minimum atomic E-state index is 0.324. The van der Waals surface area contributed by atoms with Gasteiger partial charge in [-0.05, 0) is 218 Å². The van der Waals surface area contributed by atoms with Gasteiger partial charge in [-0.1, -0.05) is 246 Å². The zero-order valence-electron chi connectivity index (χ0n) is 54.6. The highest BCUT2D eigenvalue weighted by Gasteiger charge is 2.30. The molecule has 16 aromatic rings. The highest BCUT2D eigenvalue weighted by molar-refractivity contribution is 6.12. The second-order valence-electron chi connectivity index (χ2n) is 26.2. The molecule has 0 amide bonds. The van der Waals surface area contributed by atoms with E-state index in [0.717, 1.165) is 34.9 Å². The molecule has 1 unspecified atom stereocenters. The molecule has 17 rings (SSSR count). The van der Waals surface area contributed by atoms with Crippen LogP contribution in [-0.4, -0.2) is 9.13 Å². The van der Waals surface area contributed by atoms with Crippen LogP contribution in [0.5, 0.6) is 0 Å². The summed E-state index contributed by atoms with van der Waals surface area (Å²) in [6.45, 7) is 2.31. The molecule has 0 saturated carbocycles. The first kappa shape index (κ1) is 59.1. The highest BCUT2D eigenvalue weighted by atomic mass is 15.1. The average molecular weight is 1250 g/mol. The maximum absolute atomic E-state index is 3.70. The molecule has 1 N–H and O–H groups in total. The van der Waals surface area contributed by atoms with E-state index in [1.807, 2.05) is 0 Å². The number of hydrogen-bond donors (Lipinski definition) is 1. The van der Waals surface area contributed by atoms with Gasteiger partial charge in [-0.25, -0.2) is 0 Å². The second-order valence-corrected chi connectivity index (χ2v) is 26.2. The van der Waals surface area contributed by atoms with Gasteiger partial charge in [-0.3, -0.25) is 0 Å². The van der Waals surface area contributed by atoms with Crippen molar-refractivity contribution in [3.63, 3.8) is 0 Å². The Hall–Kier alpha value is -11.7. The minimum Gasteiger partial charge on any atom is -0.356 e. The molecule has 2 heterocycles. The van der Waals surface area contributed by atoms with E-state index in [2.05, 4.69) is 360 Å². The van der Waals surface area contributed by atoms with Gasteiger partial charge in [0.25, 0.3) is 0 Å². The van der Waals surface area contributed by atoms with E-state index in [9.17, 15) is 0 Å². The van der Waals surface area contributed by atoms with Crippen molar-refractivity contribution in [2.75, 3.05) is 10.2 Å². The summed E-state index contributed by atoms with van der Waals surface area (Å²) in [4.78, 5) is 2.39. The fraction of sp³-hybridized carbons (Fsp3) is 0.0968. The van der Waals surface area contributed by atoms with Crippen LogP contribution in [0, 0.1) is 0 Å². The molecule has 2 aromatic heterocycles. The highest BCUT2D eigenvalue weighted by Crippen LogP contribution is 2.50. The molecule has 0 bridgehead atoms. The third-order valence-corrected chi connectivity index (χ3v) is 20.2. The number of nitrogens with zero attached hydrogens (tertiary/aromatic N) is 3. The molecule has 466 valence electrons. The predicted molar refractivity (Wildman–Crippen MR) is 412 cm³/mol. The van der Waals surface area contributed by atoms with Crippen LogP contribution in [0.25, 0.3) is 122 Å². The fourth-order valence-electron chi connectivity index (χ4n) is 15.3. The summed E-state index contributed by atoms with van der Waals surface area (Å²) in [6, 6.07) is 123. The molecule has 0 saturated heterocycles. The van der Waals surface area contributed by atoms with Crippen LogP contribution < -0.4 is 10.2 Å². The van der Waals surface area contributed by atoms with Crippen molar-refractivity contribution in [2.45, 2.75) is 57.8 Å². The van der Waals surface area contributed by atoms with Gasteiger partial charge < -0.3 is 19.4 Å². The van der Waals surface area contributed by atoms with Gasteiger partial charge >= 0.3 is 0 Å². The maximum Gasteiger partial charge on any atom is 0.0541 e. The molecular weight excluding hydrogens is 1170 g/mol. The van der Waals surface area contributed by atoms with E-state index in [1.54, 1.807) is 0 Å². The van der Waals surface area contributed by atoms with Crippen LogP contribution in [-0.2, 0) is 0 Å². The van der Waals surface area contributed by atoms with Crippen LogP contribution in [0.3, 0.4) is 0 Å². The Balaban J connectivity index is 0.632. The van der Waals surface area contributed by atoms with E-state index >= 15 is 0 Å². The smallest absolute Gasteiger partial charge is 0.0541 e. The number of benzene rings is 14. The van der Waals surface area contributed by atoms with Crippen molar-refractivity contribution in [1.82, 2.24) is 9.13 Å². The van der Waals surface area contributed by atoms with Crippen LogP contribution in [0.1, 0.15) is 68.9 Å². The number of aromatic nitrogens is 2. The number of anilines is 5. The van der Waals surface area contributed by atoms with Gasteiger partial charge in [0.05, 0.1) is 22.1 Å². The van der Waals surface area contributed by atoms with Crippen LogP contribution in [0.15, 0.2) is 334 Å². The van der Waals surface area contributed by atoms with Gasteiger partial charge in [0.2, 0.25) is 0 Å². The molecule has 1 aliphatic rings. The second kappa shape index (κ2) is 25.9. The molecular formula is C93H74N4. The van der Waals surface area contributed by atoms with Crippen molar-refractivity contribution >= 4 is 72.0 Å². The molecule has 1 atom stereocenters. The van der Waals surface area contributed by atoms with Gasteiger partial charge in [0.1, 0.15) is 0 Å². The van der Waals surface area contributed by atoms with E-state index < -0.39 is 0 Å². The number of rotatable bonds is 19. The van der Waals surface area contributed by atoms with E-state index in [4.69, 9.17) is 0 Å². The Kier molecular flexibility index (Phi) is 15.8. The third kappa shape index (κ3) is 11.3. The van der Waals surface area contributed by atoms with Crippen molar-refractivity contribution in [2.24, 2.45) is 0 Å². The van der Waals surface area contributed by atoms with Crippen LogP contribution in [0.4, 0.5) is 28.4 Å². The zero-order chi connectivity index (χ0) is 64.6. The Morgan fingerprint density at radius 1 is 0.278 bits per heavy atom. The van der Waals surface area contributed by atoms with Gasteiger partial charge in [0.15, 0.2) is 0 Å². The monoisotopic (exact) mass is 1250 g/mol. The average Bonchev–Trinajstić information content (AvgIpc) is 1.62. The van der Waals surface area contributed by atoms with E-state index in [0.29, 0.717) is 5.92 Å². The predicted octanol–water partition coefficient (Wildman–Crippen LogP) is 26.3. The van der Waals surface area contributed by atoms with E-state index in [1.165, 1.54) is 171 Å². The molecule has 0 fully saturated rings. The molecule has 14 aromatic carbocycles. The number of fused-ring (bicyclic) bond motifs is 9. The first-order valence-corrected chi connectivity index (χ1v) is 34.7. The van der Waals surface area contributed by atoms with Crippen LogP contribution in [0.2, 0.25) is 0 Å². The maximum atomic E-state index is 3.70. The quantitative estimate of drug-likeness (QED) is 0.0817. The third-order valence-electron chi connectivity index (χ3n) is 20.2. The van der Waals surface area contributed by atoms with Gasteiger partial charge in [-0.2, -0.15) is 0 Å². The molecule has 0 spiro atoms. The SMILES string of the molecule is CCCCCCCCC1c2cc(-c3ccc(Nc4ccc(-c5ccc6c(c5)c5ccccc5n6-c5ccccc5)cc4)cc3)ccc2-c2ccc(-c3ccc(N(c4ccc(-c5ccccc5)cc4)c4ccc(-c5ccc6c(c5)c5ccccc5n6-c5ccccc5)cc4)cc3)cc21. The summed E-state index contributed by atoms with van der Waals surface area (Å²) in [6.07, 6.45) is 8.80. The molecule has 0 radical (unpaired) electrons. The fourth-order valence-corrected chi connectivity index (χ4v) is 15.3. The Bertz CT molecular complexity index is 5480. The first-order chi connectivity index (χ1) is 48.0. The minimum absolute atomic E-state index is 0.324. The lowest BCUT2D eigenvalue weighted by Crippen LogP contribution is -2.09. The van der Waals surface area contributed by atoms with Crippen molar-refractivity contribution in [3.05, 3.63) is 345 Å². The Labute approximate surface area is 568 Å². The lowest BCUT2D eigenvalue weighted by molar-refractivity contribution is 0.571. The number of hydrogen-bond acceptors (Lipinski definition) is 2. The van der Waals surface area contributed by atoms with Crippen molar-refractivity contribution in [3.8, 4) is 78.1 Å². The standard InChI is InChI=1S/C93H74N4/c1-2-3-4-5-6-16-27-81-86-60-70(66-32-46-74(47-33-66)94-75-48-34-67(35-49-75)72-44-58-92-88(62-72)84-28-17-19-30-90(84)96(92)76-23-12-8-13-24-76)42-56-82(86)83-57-43-71(61-87(81)83)68-38-52-79(53-39-68)95(78-50-36-65(37-51-78)64-21-10-7-11-22-64)80-54-40-69(41-55-80)73-45-59-93-89(63-73)85-29-18-20-31-91(85)97(93)77-25-14-9-15-26-77/h7-15,17-26,28-63,81,94H,2-6,16,27H2,1H3. The van der Waals surface area contributed by atoms with Gasteiger partial charge in [-0.15, -0.1) is 0 Å². The van der Waals surface area contributed by atoms with E-state index in [-0.39, 0.29) is 0 Å². The molecule has 0 aliphatic heterocycles. The summed E-state index contributed by atoms with van der Waals surface area (Å²) in [5, 5.41) is 8.72. The summed E-state index contributed by atoms with van der Waals surface area (Å²) in [7, 11) is 0. The lowest BCUT2D eigenvalue weighted by atomic mass is 9.88. The Morgan fingerprint density at radius 3 is 1.05 bits per heavy atom. The topological polar surface area (TPSA) is 25.1 Å². The number of para-hydroxylation sites is 4. The summed E-state index contributed by atoms with van der Waals surface area (Å²) < 4.78 is 4.75. The number of nitrogens with one attached hydrogen (secondary N) is 1. The molecule has 4 heteroatoms. The first-order valence-electron chi connectivity index (χ1n) is 34.7. The zero-order valence-corrected chi connectivity index (χ0v) is 54.6. The molecule has 4 nitrogen and oxygen atoms in total. The molecule has 1 aliphatic carbocycles. The van der Waals surface area contributed by atoms with Gasteiger partial charge in [0, 0.05) is 67.3 Å². The summed E-state index contributed by atoms with van der Waals surface area (Å²) >= 11 is 0. The normalized spacial score (nSPS) is 12.6. The van der Waals surface area contributed by atoms with Crippen molar-refractivity contribution < 1.29 is 0 Å². The summed E-state index contributed by atoms with van der Waals surface area (Å²) in [5.41, 5.74) is 30.4. The summed E-state index contributed by atoms with van der Waals surface area (Å²) in [5.74, 6) is 0.324. The Morgan fingerprint density at radius 2 is 0.608 bits per heavy atom. The largest absolute Gasteiger partial charge is 0.356 e. The van der Waals surface area contributed by atoms with Crippen molar-refractivity contribution in [1.29, 1.82) is 0 Å². The lowest BCUT2D eigenvalue weighted by Gasteiger charge is -2.26. The number of unbranched alkanes of at least 4 members (excludes halogenated alkanes) is 5. The van der Waals surface area contributed by atoms with Crippen LogP contribution >= 0.6 is 0 Å². The molecule has 97 heavy (non-hydrogen) atoms.